The molecule has 0 aliphatic carbocycles. The Bertz CT molecular complexity index is 1450. The number of anilines is 1. The van der Waals surface area contributed by atoms with Crippen molar-refractivity contribution in [3.63, 3.8) is 0 Å². The van der Waals surface area contributed by atoms with Crippen LogP contribution in [-0.2, 0) is 17.1 Å². The minimum Gasteiger partial charge on any atom is -0.319 e. The van der Waals surface area contributed by atoms with Crippen LogP contribution in [0.15, 0.2) is 76.6 Å². The van der Waals surface area contributed by atoms with Gasteiger partial charge in [-0.1, -0.05) is 29.0 Å². The maximum atomic E-state index is 13.4. The second kappa shape index (κ2) is 8.09. The van der Waals surface area contributed by atoms with Crippen molar-refractivity contribution < 1.29 is 17.6 Å². The Kier molecular flexibility index (Phi) is 5.47. The van der Waals surface area contributed by atoms with Crippen LogP contribution < -0.4 is 9.52 Å². The van der Waals surface area contributed by atoms with Crippen LogP contribution in [0.3, 0.4) is 0 Å². The summed E-state index contributed by atoms with van der Waals surface area (Å²) in [5, 5.41) is 0. The van der Waals surface area contributed by atoms with Gasteiger partial charge < -0.3 is 4.57 Å². The lowest BCUT2D eigenvalue weighted by atomic mass is 10.2. The minimum atomic E-state index is -3.73. The number of aryl methyl sites for hydroxylation is 2. The lowest BCUT2D eigenvalue weighted by Crippen LogP contribution is -2.14. The zero-order valence-corrected chi connectivity index (χ0v) is 18.3. The summed E-state index contributed by atoms with van der Waals surface area (Å²) in [6.07, 6.45) is 0. The standard InChI is InChI=1S/C22H18FN3O3S2/c1-14-3-10-18(11-4-14)31(28,29)25-17-8-5-15(6-9-17)21(27)24-22-26(2)19-12-7-16(23)13-20(19)30-22/h3-13,25H,1-2H3. The molecule has 0 saturated carbocycles. The molecule has 6 nitrogen and oxygen atoms in total. The molecule has 0 saturated heterocycles. The number of hydrogen-bond donors (Lipinski definition) is 1. The number of carbonyl (C=O) groups is 1. The lowest BCUT2D eigenvalue weighted by molar-refractivity contribution is 0.0998. The second-order valence-corrected chi connectivity index (χ2v) is 9.66. The number of sulfonamides is 1. The summed E-state index contributed by atoms with van der Waals surface area (Å²) in [5.41, 5.74) is 2.38. The Morgan fingerprint density at radius 1 is 1.03 bits per heavy atom. The fourth-order valence-electron chi connectivity index (χ4n) is 2.98. The average molecular weight is 456 g/mol. The molecule has 1 heterocycles. The van der Waals surface area contributed by atoms with Gasteiger partial charge in [0.05, 0.1) is 15.1 Å². The van der Waals surface area contributed by atoms with Gasteiger partial charge in [-0.15, -0.1) is 0 Å². The number of hydrogen-bond acceptors (Lipinski definition) is 4. The van der Waals surface area contributed by atoms with E-state index in [0.717, 1.165) is 11.1 Å². The van der Waals surface area contributed by atoms with Crippen LogP contribution in [0.1, 0.15) is 15.9 Å². The van der Waals surface area contributed by atoms with Crippen LogP contribution in [0.2, 0.25) is 0 Å². The molecule has 0 aliphatic heterocycles. The van der Waals surface area contributed by atoms with E-state index in [4.69, 9.17) is 0 Å². The molecule has 4 aromatic rings. The summed E-state index contributed by atoms with van der Waals surface area (Å²) in [5.74, 6) is -0.827. The number of amides is 1. The number of nitrogens with zero attached hydrogens (tertiary/aromatic N) is 2. The molecule has 3 aromatic carbocycles. The maximum absolute atomic E-state index is 13.4. The molecule has 9 heteroatoms. The zero-order valence-electron chi connectivity index (χ0n) is 16.7. The van der Waals surface area contributed by atoms with Crippen LogP contribution >= 0.6 is 11.3 Å². The number of thiazole rings is 1. The summed E-state index contributed by atoms with van der Waals surface area (Å²) < 4.78 is 43.3. The molecular weight excluding hydrogens is 437 g/mol. The van der Waals surface area contributed by atoms with Crippen LogP contribution in [0.5, 0.6) is 0 Å². The molecule has 1 N–H and O–H groups in total. The molecule has 0 unspecified atom stereocenters. The number of nitrogens with one attached hydrogen (secondary N) is 1. The largest absolute Gasteiger partial charge is 0.319 e. The van der Waals surface area contributed by atoms with E-state index in [1.165, 1.54) is 59.9 Å². The van der Waals surface area contributed by atoms with E-state index < -0.39 is 15.9 Å². The first kappa shape index (κ1) is 21.0. The summed E-state index contributed by atoms with van der Waals surface area (Å²) in [7, 11) is -1.97. The van der Waals surface area contributed by atoms with Crippen molar-refractivity contribution in [3.05, 3.63) is 88.5 Å². The van der Waals surface area contributed by atoms with E-state index >= 15 is 0 Å². The third-order valence-electron chi connectivity index (χ3n) is 4.68. The first-order valence-electron chi connectivity index (χ1n) is 9.27. The van der Waals surface area contributed by atoms with E-state index in [0.29, 0.717) is 20.8 Å². The number of rotatable bonds is 4. The van der Waals surface area contributed by atoms with Gasteiger partial charge in [-0.2, -0.15) is 4.99 Å². The molecule has 0 aliphatic rings. The molecule has 158 valence electrons. The average Bonchev–Trinajstić information content (AvgIpc) is 3.03. The molecule has 4 rings (SSSR count). The fraction of sp³-hybridized carbons (Fsp3) is 0.0909. The Morgan fingerprint density at radius 3 is 2.39 bits per heavy atom. The smallest absolute Gasteiger partial charge is 0.279 e. The van der Waals surface area contributed by atoms with E-state index in [1.54, 1.807) is 29.8 Å². The van der Waals surface area contributed by atoms with E-state index in [9.17, 15) is 17.6 Å². The van der Waals surface area contributed by atoms with Crippen molar-refractivity contribution in [2.75, 3.05) is 4.72 Å². The van der Waals surface area contributed by atoms with Gasteiger partial charge in [0.1, 0.15) is 5.82 Å². The number of carbonyl (C=O) groups excluding carboxylic acids is 1. The van der Waals surface area contributed by atoms with Crippen LogP contribution in [0.25, 0.3) is 10.2 Å². The fourth-order valence-corrected chi connectivity index (χ4v) is 5.08. The molecule has 0 bridgehead atoms. The van der Waals surface area contributed by atoms with Crippen molar-refractivity contribution in [1.29, 1.82) is 0 Å². The Hall–Kier alpha value is -3.30. The normalized spacial score (nSPS) is 12.3. The second-order valence-electron chi connectivity index (χ2n) is 6.97. The van der Waals surface area contributed by atoms with Gasteiger partial charge >= 0.3 is 0 Å². The van der Waals surface area contributed by atoms with Crippen molar-refractivity contribution in [2.45, 2.75) is 11.8 Å². The van der Waals surface area contributed by atoms with Gasteiger partial charge in [0.15, 0.2) is 4.80 Å². The predicted molar refractivity (Wildman–Crippen MR) is 119 cm³/mol. The highest BCUT2D eigenvalue weighted by Crippen LogP contribution is 2.19. The summed E-state index contributed by atoms with van der Waals surface area (Å²) >= 11 is 1.21. The zero-order chi connectivity index (χ0) is 22.2. The Labute approximate surface area is 182 Å². The highest BCUT2D eigenvalue weighted by atomic mass is 32.2. The number of aromatic nitrogens is 1. The van der Waals surface area contributed by atoms with Crippen molar-refractivity contribution in [2.24, 2.45) is 12.0 Å². The number of benzene rings is 3. The highest BCUT2D eigenvalue weighted by molar-refractivity contribution is 7.92. The maximum Gasteiger partial charge on any atom is 0.279 e. The van der Waals surface area contributed by atoms with Crippen molar-refractivity contribution >= 4 is 43.2 Å². The van der Waals surface area contributed by atoms with E-state index in [2.05, 4.69) is 9.71 Å². The van der Waals surface area contributed by atoms with Crippen LogP contribution in [-0.4, -0.2) is 18.9 Å². The summed E-state index contributed by atoms with van der Waals surface area (Å²) in [6.45, 7) is 1.88. The Morgan fingerprint density at radius 2 is 1.71 bits per heavy atom. The SMILES string of the molecule is Cc1ccc(S(=O)(=O)Nc2ccc(C(=O)N=c3sc4cc(F)ccc4n3C)cc2)cc1. The van der Waals surface area contributed by atoms with Crippen molar-refractivity contribution in [3.8, 4) is 0 Å². The molecule has 1 amide bonds. The molecule has 0 atom stereocenters. The Balaban J connectivity index is 1.57. The van der Waals surface area contributed by atoms with Gasteiger partial charge in [-0.25, -0.2) is 12.8 Å². The summed E-state index contributed by atoms with van der Waals surface area (Å²) in [6, 6.07) is 16.9. The van der Waals surface area contributed by atoms with Gasteiger partial charge in [0, 0.05) is 18.3 Å². The quantitative estimate of drug-likeness (QED) is 0.500. The molecule has 1 aromatic heterocycles. The van der Waals surface area contributed by atoms with Crippen LogP contribution in [0, 0.1) is 12.7 Å². The predicted octanol–water partition coefficient (Wildman–Crippen LogP) is 4.23. The third-order valence-corrected chi connectivity index (χ3v) is 7.18. The number of halogens is 1. The monoisotopic (exact) mass is 455 g/mol. The number of fused-ring (bicyclic) bond motifs is 1. The topological polar surface area (TPSA) is 80.5 Å². The molecule has 0 radical (unpaired) electrons. The molecule has 0 fully saturated rings. The van der Waals surface area contributed by atoms with Gasteiger partial charge in [-0.05, 0) is 61.5 Å². The van der Waals surface area contributed by atoms with E-state index in [-0.39, 0.29) is 10.7 Å². The molecule has 0 spiro atoms. The third kappa shape index (κ3) is 4.42. The van der Waals surface area contributed by atoms with Crippen molar-refractivity contribution in [1.82, 2.24) is 4.57 Å². The highest BCUT2D eigenvalue weighted by Gasteiger charge is 2.14. The van der Waals surface area contributed by atoms with E-state index in [1.807, 2.05) is 6.92 Å². The first-order chi connectivity index (χ1) is 14.7. The summed E-state index contributed by atoms with van der Waals surface area (Å²) in [4.78, 5) is 17.3. The van der Waals surface area contributed by atoms with Crippen LogP contribution in [0.4, 0.5) is 10.1 Å². The van der Waals surface area contributed by atoms with Gasteiger partial charge in [0.2, 0.25) is 0 Å². The molecule has 31 heavy (non-hydrogen) atoms. The minimum absolute atomic E-state index is 0.155. The van der Waals surface area contributed by atoms with Gasteiger partial charge in [0.25, 0.3) is 15.9 Å². The first-order valence-corrected chi connectivity index (χ1v) is 11.6. The molecular formula is C22H18FN3O3S2. The van der Waals surface area contributed by atoms with Gasteiger partial charge in [-0.3, -0.25) is 9.52 Å². The lowest BCUT2D eigenvalue weighted by Gasteiger charge is -2.08.